The lowest BCUT2D eigenvalue weighted by Crippen LogP contribution is -2.36. The van der Waals surface area contributed by atoms with Crippen LogP contribution in [-0.2, 0) is 19.9 Å². The monoisotopic (exact) mass is 470 g/mol. The van der Waals surface area contributed by atoms with Crippen LogP contribution in [0, 0.1) is 17.7 Å². The van der Waals surface area contributed by atoms with Gasteiger partial charge >= 0.3 is 5.97 Å². The summed E-state index contributed by atoms with van der Waals surface area (Å²) in [5.74, 6) is 2.14. The SMILES string of the molecule is COC(=O)C[C@H](c1cccc(OC[C@H]2CC[C@@](OC)(c3cc(OC)ccc3F)CC2)c1)C1CC1. The van der Waals surface area contributed by atoms with E-state index in [0.717, 1.165) is 49.8 Å². The first-order chi connectivity index (χ1) is 16.5. The molecule has 0 saturated heterocycles. The Bertz CT molecular complexity index is 979. The molecule has 0 amide bonds. The largest absolute Gasteiger partial charge is 0.497 e. The third kappa shape index (κ3) is 5.54. The van der Waals surface area contributed by atoms with Gasteiger partial charge in [-0.15, -0.1) is 0 Å². The van der Waals surface area contributed by atoms with Crippen molar-refractivity contribution < 1.29 is 28.1 Å². The molecule has 0 unspecified atom stereocenters. The van der Waals surface area contributed by atoms with E-state index in [1.54, 1.807) is 26.4 Å². The average molecular weight is 471 g/mol. The molecule has 34 heavy (non-hydrogen) atoms. The molecule has 0 spiro atoms. The van der Waals surface area contributed by atoms with Gasteiger partial charge in [0.05, 0.1) is 32.8 Å². The molecule has 0 radical (unpaired) electrons. The summed E-state index contributed by atoms with van der Waals surface area (Å²) in [6.45, 7) is 0.606. The van der Waals surface area contributed by atoms with Gasteiger partial charge in [-0.2, -0.15) is 0 Å². The van der Waals surface area contributed by atoms with Gasteiger partial charge in [0, 0.05) is 12.7 Å². The van der Waals surface area contributed by atoms with E-state index in [-0.39, 0.29) is 17.7 Å². The number of hydrogen-bond donors (Lipinski definition) is 0. The van der Waals surface area contributed by atoms with Crippen LogP contribution in [0.3, 0.4) is 0 Å². The van der Waals surface area contributed by atoms with Crippen molar-refractivity contribution in [1.82, 2.24) is 0 Å². The molecular formula is C28H35FO5. The lowest BCUT2D eigenvalue weighted by molar-refractivity contribution is -0.141. The number of halogens is 1. The highest BCUT2D eigenvalue weighted by Gasteiger charge is 2.39. The standard InChI is InChI=1S/C28H35FO5/c1-31-22-9-10-26(29)25(16-22)28(33-3)13-11-19(12-14-28)18-34-23-6-4-5-21(15-23)24(20-7-8-20)17-27(30)32-2/h4-6,9-10,15-16,19-20,24H,7-8,11-14,17-18H2,1-3H3/t19-,24-,28-/m0/s1. The summed E-state index contributed by atoms with van der Waals surface area (Å²) in [6, 6.07) is 13.0. The molecule has 4 rings (SSSR count). The number of carbonyl (C=O) groups is 1. The van der Waals surface area contributed by atoms with Crippen LogP contribution >= 0.6 is 0 Å². The summed E-state index contributed by atoms with van der Waals surface area (Å²) >= 11 is 0. The van der Waals surface area contributed by atoms with Crippen molar-refractivity contribution in [1.29, 1.82) is 0 Å². The van der Waals surface area contributed by atoms with E-state index in [1.165, 1.54) is 13.2 Å². The highest BCUT2D eigenvalue weighted by Crippen LogP contribution is 2.46. The Morgan fingerprint density at radius 1 is 1.03 bits per heavy atom. The summed E-state index contributed by atoms with van der Waals surface area (Å²) in [5.41, 5.74) is 1.07. The second-order valence-corrected chi connectivity index (χ2v) is 9.60. The summed E-state index contributed by atoms with van der Waals surface area (Å²) in [4.78, 5) is 11.9. The molecule has 2 aliphatic rings. The number of ether oxygens (including phenoxy) is 4. The lowest BCUT2D eigenvalue weighted by Gasteiger charge is -2.39. The molecule has 2 aliphatic carbocycles. The predicted molar refractivity (Wildman–Crippen MR) is 128 cm³/mol. The van der Waals surface area contributed by atoms with Gasteiger partial charge < -0.3 is 18.9 Å². The number of hydrogen-bond acceptors (Lipinski definition) is 5. The smallest absolute Gasteiger partial charge is 0.306 e. The number of methoxy groups -OCH3 is 3. The van der Waals surface area contributed by atoms with E-state index in [1.807, 2.05) is 12.1 Å². The predicted octanol–water partition coefficient (Wildman–Crippen LogP) is 6.00. The summed E-state index contributed by atoms with van der Waals surface area (Å²) < 4.78 is 37.0. The molecule has 184 valence electrons. The molecular weight excluding hydrogens is 435 g/mol. The van der Waals surface area contributed by atoms with Crippen molar-refractivity contribution >= 4 is 5.97 Å². The van der Waals surface area contributed by atoms with Crippen molar-refractivity contribution in [2.24, 2.45) is 11.8 Å². The van der Waals surface area contributed by atoms with Crippen LogP contribution in [-0.4, -0.2) is 33.9 Å². The van der Waals surface area contributed by atoms with E-state index < -0.39 is 5.60 Å². The Morgan fingerprint density at radius 2 is 1.79 bits per heavy atom. The molecule has 1 atom stereocenters. The van der Waals surface area contributed by atoms with E-state index in [4.69, 9.17) is 18.9 Å². The van der Waals surface area contributed by atoms with E-state index >= 15 is 0 Å². The average Bonchev–Trinajstić information content (AvgIpc) is 3.72. The Labute approximate surface area is 201 Å². The number of benzene rings is 2. The van der Waals surface area contributed by atoms with Crippen LogP contribution in [0.25, 0.3) is 0 Å². The minimum Gasteiger partial charge on any atom is -0.497 e. The topological polar surface area (TPSA) is 54.0 Å². The number of esters is 1. The minimum absolute atomic E-state index is 0.167. The molecule has 0 N–H and O–H groups in total. The van der Waals surface area contributed by atoms with E-state index in [0.29, 0.717) is 36.2 Å². The summed E-state index contributed by atoms with van der Waals surface area (Å²) in [5, 5.41) is 0. The molecule has 0 aromatic heterocycles. The fourth-order valence-corrected chi connectivity index (χ4v) is 5.24. The molecule has 0 bridgehead atoms. The van der Waals surface area contributed by atoms with Gasteiger partial charge in [-0.1, -0.05) is 12.1 Å². The van der Waals surface area contributed by atoms with Gasteiger partial charge in [0.1, 0.15) is 17.3 Å². The van der Waals surface area contributed by atoms with Crippen LogP contribution in [0.15, 0.2) is 42.5 Å². The molecule has 2 fully saturated rings. The highest BCUT2D eigenvalue weighted by molar-refractivity contribution is 5.70. The summed E-state index contributed by atoms with van der Waals surface area (Å²) in [6.07, 6.45) is 5.95. The van der Waals surface area contributed by atoms with Crippen LogP contribution < -0.4 is 9.47 Å². The Kier molecular flexibility index (Phi) is 7.77. The van der Waals surface area contributed by atoms with Crippen molar-refractivity contribution in [3.8, 4) is 11.5 Å². The zero-order chi connectivity index (χ0) is 24.1. The number of rotatable bonds is 10. The Morgan fingerprint density at radius 3 is 2.44 bits per heavy atom. The van der Waals surface area contributed by atoms with E-state index in [2.05, 4.69) is 12.1 Å². The van der Waals surface area contributed by atoms with Gasteiger partial charge in [-0.05, 0) is 92.2 Å². The van der Waals surface area contributed by atoms with Crippen LogP contribution in [0.2, 0.25) is 0 Å². The fraction of sp³-hybridized carbons (Fsp3) is 0.536. The van der Waals surface area contributed by atoms with Crippen LogP contribution in [0.4, 0.5) is 4.39 Å². The first-order valence-electron chi connectivity index (χ1n) is 12.2. The second kappa shape index (κ2) is 10.8. The number of carbonyl (C=O) groups excluding carboxylic acids is 1. The maximum Gasteiger partial charge on any atom is 0.306 e. The van der Waals surface area contributed by atoms with Crippen molar-refractivity contribution in [2.45, 2.75) is 56.5 Å². The third-order valence-electron chi connectivity index (χ3n) is 7.55. The van der Waals surface area contributed by atoms with Gasteiger partial charge in [-0.25, -0.2) is 4.39 Å². The second-order valence-electron chi connectivity index (χ2n) is 9.60. The highest BCUT2D eigenvalue weighted by atomic mass is 19.1. The van der Waals surface area contributed by atoms with Gasteiger partial charge in [0.25, 0.3) is 0 Å². The van der Waals surface area contributed by atoms with Gasteiger partial charge in [0.15, 0.2) is 0 Å². The normalized spacial score (nSPS) is 23.2. The zero-order valence-electron chi connectivity index (χ0n) is 20.3. The van der Waals surface area contributed by atoms with Crippen molar-refractivity contribution in [3.05, 3.63) is 59.4 Å². The molecule has 6 heteroatoms. The summed E-state index contributed by atoms with van der Waals surface area (Å²) in [7, 11) is 4.69. The van der Waals surface area contributed by atoms with Crippen molar-refractivity contribution in [2.75, 3.05) is 27.9 Å². The lowest BCUT2D eigenvalue weighted by atomic mass is 9.75. The first-order valence-corrected chi connectivity index (χ1v) is 12.2. The first kappa shape index (κ1) is 24.5. The van der Waals surface area contributed by atoms with Crippen LogP contribution in [0.5, 0.6) is 11.5 Å². The Balaban J connectivity index is 1.37. The third-order valence-corrected chi connectivity index (χ3v) is 7.55. The maximum atomic E-state index is 14.7. The molecule has 0 aliphatic heterocycles. The van der Waals surface area contributed by atoms with Crippen LogP contribution in [0.1, 0.15) is 62.0 Å². The van der Waals surface area contributed by atoms with E-state index in [9.17, 15) is 9.18 Å². The zero-order valence-corrected chi connectivity index (χ0v) is 20.3. The Hall–Kier alpha value is -2.60. The molecule has 2 saturated carbocycles. The maximum absolute atomic E-state index is 14.7. The molecule has 5 nitrogen and oxygen atoms in total. The minimum atomic E-state index is -0.638. The quantitative estimate of drug-likeness (QED) is 0.399. The van der Waals surface area contributed by atoms with Crippen molar-refractivity contribution in [3.63, 3.8) is 0 Å². The van der Waals surface area contributed by atoms with Gasteiger partial charge in [0.2, 0.25) is 0 Å². The fourth-order valence-electron chi connectivity index (χ4n) is 5.24. The molecule has 2 aromatic carbocycles. The molecule has 2 aromatic rings. The molecule has 0 heterocycles. The van der Waals surface area contributed by atoms with Gasteiger partial charge in [-0.3, -0.25) is 4.79 Å².